The number of rotatable bonds is 1. The molecule has 66 valence electrons. The average Bonchev–Trinajstić information content (AvgIpc) is 1.85. The van der Waals surface area contributed by atoms with Crippen molar-refractivity contribution in [2.24, 2.45) is 17.6 Å². The van der Waals surface area contributed by atoms with E-state index in [9.17, 15) is 0 Å². The third-order valence-electron chi connectivity index (χ3n) is 2.99. The second kappa shape index (κ2) is 3.14. The lowest BCUT2D eigenvalue weighted by atomic mass is 9.73. The highest BCUT2D eigenvalue weighted by Gasteiger charge is 2.29. The minimum Gasteiger partial charge on any atom is -0.325 e. The van der Waals surface area contributed by atoms with Crippen molar-refractivity contribution in [2.75, 3.05) is 0 Å². The average molecular weight is 155 g/mol. The van der Waals surface area contributed by atoms with Crippen molar-refractivity contribution < 1.29 is 0 Å². The van der Waals surface area contributed by atoms with Crippen molar-refractivity contribution in [1.82, 2.24) is 0 Å². The summed E-state index contributed by atoms with van der Waals surface area (Å²) in [6.07, 6.45) is 5.17. The van der Waals surface area contributed by atoms with Crippen LogP contribution in [0.5, 0.6) is 0 Å². The molecule has 1 aliphatic rings. The molecule has 0 spiro atoms. The van der Waals surface area contributed by atoms with Crippen LogP contribution in [0.2, 0.25) is 0 Å². The van der Waals surface area contributed by atoms with Crippen LogP contribution in [0, 0.1) is 11.8 Å². The molecule has 1 heteroatoms. The summed E-state index contributed by atoms with van der Waals surface area (Å²) >= 11 is 0. The third kappa shape index (κ3) is 2.48. The number of nitrogens with two attached hydrogens (primary N) is 1. The Morgan fingerprint density at radius 3 is 2.45 bits per heavy atom. The largest absolute Gasteiger partial charge is 0.325 e. The molecule has 0 radical (unpaired) electrons. The van der Waals surface area contributed by atoms with E-state index in [0.717, 1.165) is 11.8 Å². The summed E-state index contributed by atoms with van der Waals surface area (Å²) in [5.74, 6) is 1.69. The molecule has 0 aromatic carbocycles. The Bertz CT molecular complexity index is 127. The second-order valence-electron chi connectivity index (χ2n) is 4.75. The van der Waals surface area contributed by atoms with E-state index in [-0.39, 0.29) is 5.54 Å². The predicted molar refractivity (Wildman–Crippen MR) is 49.4 cm³/mol. The molecule has 0 saturated heterocycles. The zero-order valence-corrected chi connectivity index (χ0v) is 8.06. The molecule has 0 aromatic heterocycles. The Morgan fingerprint density at radius 2 is 2.09 bits per heavy atom. The first-order valence-corrected chi connectivity index (χ1v) is 4.80. The predicted octanol–water partition coefficient (Wildman–Crippen LogP) is 2.55. The smallest absolute Gasteiger partial charge is 0.0128 e. The van der Waals surface area contributed by atoms with Gasteiger partial charge in [0.05, 0.1) is 0 Å². The van der Waals surface area contributed by atoms with E-state index in [4.69, 9.17) is 5.73 Å². The van der Waals surface area contributed by atoms with Crippen LogP contribution in [0.15, 0.2) is 0 Å². The highest BCUT2D eigenvalue weighted by atomic mass is 14.7. The van der Waals surface area contributed by atoms with Crippen LogP contribution in [0.1, 0.15) is 46.5 Å². The Balaban J connectivity index is 2.46. The van der Waals surface area contributed by atoms with E-state index >= 15 is 0 Å². The fourth-order valence-electron chi connectivity index (χ4n) is 2.14. The molecule has 11 heavy (non-hydrogen) atoms. The molecule has 2 N–H and O–H groups in total. The Kier molecular flexibility index (Phi) is 2.58. The van der Waals surface area contributed by atoms with Gasteiger partial charge in [-0.2, -0.15) is 0 Å². The molecule has 0 aliphatic heterocycles. The lowest BCUT2D eigenvalue weighted by molar-refractivity contribution is 0.197. The van der Waals surface area contributed by atoms with Crippen LogP contribution in [0.4, 0.5) is 0 Å². The van der Waals surface area contributed by atoms with Crippen molar-refractivity contribution in [1.29, 1.82) is 0 Å². The van der Waals surface area contributed by atoms with Gasteiger partial charge in [-0.05, 0) is 31.6 Å². The van der Waals surface area contributed by atoms with Gasteiger partial charge in [-0.3, -0.25) is 0 Å². The molecule has 1 rings (SSSR count). The summed E-state index contributed by atoms with van der Waals surface area (Å²) in [6, 6.07) is 0. The lowest BCUT2D eigenvalue weighted by Crippen LogP contribution is -2.42. The molecule has 2 atom stereocenters. The van der Waals surface area contributed by atoms with Gasteiger partial charge in [0.15, 0.2) is 0 Å². The van der Waals surface area contributed by atoms with E-state index in [1.807, 2.05) is 0 Å². The maximum Gasteiger partial charge on any atom is 0.0128 e. The molecular formula is C10H21N. The van der Waals surface area contributed by atoms with Crippen LogP contribution < -0.4 is 5.73 Å². The molecule has 0 unspecified atom stereocenters. The van der Waals surface area contributed by atoms with E-state index < -0.39 is 0 Å². The summed E-state index contributed by atoms with van der Waals surface area (Å²) in [4.78, 5) is 0. The zero-order valence-electron chi connectivity index (χ0n) is 8.06. The maximum atomic E-state index is 6.11. The zero-order chi connectivity index (χ0) is 8.48. The number of hydrogen-bond acceptors (Lipinski definition) is 1. The monoisotopic (exact) mass is 155 g/mol. The van der Waals surface area contributed by atoms with Gasteiger partial charge < -0.3 is 5.73 Å². The lowest BCUT2D eigenvalue weighted by Gasteiger charge is -2.36. The third-order valence-corrected chi connectivity index (χ3v) is 2.99. The summed E-state index contributed by atoms with van der Waals surface area (Å²) in [5, 5.41) is 0. The summed E-state index contributed by atoms with van der Waals surface area (Å²) in [6.45, 7) is 6.82. The standard InChI is InChI=1S/C10H21N/c1-8(2)9-5-4-6-10(3,11)7-9/h8-9H,4-7,11H2,1-3H3/t9-,10-/m0/s1. The molecule has 0 aromatic rings. The molecule has 1 saturated carbocycles. The van der Waals surface area contributed by atoms with Gasteiger partial charge in [0.2, 0.25) is 0 Å². The molecule has 1 nitrogen and oxygen atoms in total. The minimum atomic E-state index is 0.132. The fourth-order valence-corrected chi connectivity index (χ4v) is 2.14. The van der Waals surface area contributed by atoms with Gasteiger partial charge >= 0.3 is 0 Å². The van der Waals surface area contributed by atoms with E-state index in [0.29, 0.717) is 0 Å². The van der Waals surface area contributed by atoms with Gasteiger partial charge in [0, 0.05) is 5.54 Å². The van der Waals surface area contributed by atoms with Crippen LogP contribution in [0.3, 0.4) is 0 Å². The molecule has 0 bridgehead atoms. The van der Waals surface area contributed by atoms with Crippen LogP contribution in [0.25, 0.3) is 0 Å². The SMILES string of the molecule is CC(C)[C@H]1CCC[C@](C)(N)C1. The van der Waals surface area contributed by atoms with Crippen molar-refractivity contribution in [3.8, 4) is 0 Å². The highest BCUT2D eigenvalue weighted by molar-refractivity contribution is 4.87. The first-order chi connectivity index (χ1) is 5.01. The van der Waals surface area contributed by atoms with Crippen molar-refractivity contribution >= 4 is 0 Å². The normalized spacial score (nSPS) is 39.5. The summed E-state index contributed by atoms with van der Waals surface area (Å²) in [7, 11) is 0. The molecular weight excluding hydrogens is 134 g/mol. The first-order valence-electron chi connectivity index (χ1n) is 4.80. The fraction of sp³-hybridized carbons (Fsp3) is 1.00. The summed E-state index contributed by atoms with van der Waals surface area (Å²) < 4.78 is 0. The molecule has 0 heterocycles. The van der Waals surface area contributed by atoms with E-state index in [1.165, 1.54) is 25.7 Å². The van der Waals surface area contributed by atoms with Gasteiger partial charge in [-0.15, -0.1) is 0 Å². The van der Waals surface area contributed by atoms with Crippen LogP contribution >= 0.6 is 0 Å². The molecule has 1 fully saturated rings. The van der Waals surface area contributed by atoms with E-state index in [1.54, 1.807) is 0 Å². The maximum absolute atomic E-state index is 6.11. The first kappa shape index (κ1) is 9.05. The number of hydrogen-bond donors (Lipinski definition) is 1. The molecule has 0 amide bonds. The topological polar surface area (TPSA) is 26.0 Å². The molecule has 1 aliphatic carbocycles. The van der Waals surface area contributed by atoms with Crippen molar-refractivity contribution in [3.05, 3.63) is 0 Å². The van der Waals surface area contributed by atoms with Crippen molar-refractivity contribution in [3.63, 3.8) is 0 Å². The van der Waals surface area contributed by atoms with Gasteiger partial charge in [0.1, 0.15) is 0 Å². The second-order valence-corrected chi connectivity index (χ2v) is 4.75. The van der Waals surface area contributed by atoms with Gasteiger partial charge in [-0.1, -0.05) is 26.7 Å². The van der Waals surface area contributed by atoms with Crippen LogP contribution in [-0.4, -0.2) is 5.54 Å². The Hall–Kier alpha value is -0.0400. The van der Waals surface area contributed by atoms with Crippen LogP contribution in [-0.2, 0) is 0 Å². The highest BCUT2D eigenvalue weighted by Crippen LogP contribution is 2.34. The quantitative estimate of drug-likeness (QED) is 0.618. The van der Waals surface area contributed by atoms with Gasteiger partial charge in [0.25, 0.3) is 0 Å². The van der Waals surface area contributed by atoms with Gasteiger partial charge in [-0.25, -0.2) is 0 Å². The Morgan fingerprint density at radius 1 is 1.45 bits per heavy atom. The summed E-state index contributed by atoms with van der Waals surface area (Å²) in [5.41, 5.74) is 6.24. The Labute approximate surface area is 70.4 Å². The minimum absolute atomic E-state index is 0.132. The van der Waals surface area contributed by atoms with E-state index in [2.05, 4.69) is 20.8 Å². The van der Waals surface area contributed by atoms with Crippen molar-refractivity contribution in [2.45, 2.75) is 52.0 Å².